The van der Waals surface area contributed by atoms with Crippen LogP contribution < -0.4 is 5.32 Å². The topological polar surface area (TPSA) is 119 Å². The van der Waals surface area contributed by atoms with Crippen molar-refractivity contribution in [2.75, 3.05) is 6.54 Å². The van der Waals surface area contributed by atoms with E-state index < -0.39 is 10.9 Å². The van der Waals surface area contributed by atoms with Crippen LogP contribution in [0.5, 0.6) is 0 Å². The number of nitrogens with zero attached hydrogens (tertiary/aromatic N) is 3. The van der Waals surface area contributed by atoms with Crippen molar-refractivity contribution in [3.63, 3.8) is 0 Å². The van der Waals surface area contributed by atoms with E-state index in [1.807, 2.05) is 12.4 Å². The zero-order valence-corrected chi connectivity index (χ0v) is 11.3. The smallest absolute Gasteiger partial charge is 0.334 e. The summed E-state index contributed by atoms with van der Waals surface area (Å²) in [5, 5.41) is 20.6. The van der Waals surface area contributed by atoms with E-state index in [9.17, 15) is 14.9 Å². The molecule has 0 bridgehead atoms. The third-order valence-corrected chi connectivity index (χ3v) is 3.25. The summed E-state index contributed by atoms with van der Waals surface area (Å²) in [5.41, 5.74) is 1.37. The molecule has 8 heteroatoms. The quantitative estimate of drug-likeness (QED) is 0.358. The lowest BCUT2D eigenvalue weighted by Crippen LogP contribution is -2.26. The molecule has 2 unspecified atom stereocenters. The number of carboxylic acid groups (broad SMARTS) is 1. The van der Waals surface area contributed by atoms with Gasteiger partial charge in [-0.05, 0) is 24.1 Å². The fourth-order valence-electron chi connectivity index (χ4n) is 2.23. The Morgan fingerprint density at radius 2 is 2.29 bits per heavy atom. The van der Waals surface area contributed by atoms with Gasteiger partial charge in [-0.1, -0.05) is 0 Å². The fraction of sp³-hybridized carbons (Fsp3) is 0.385. The zero-order chi connectivity index (χ0) is 15.2. The molecule has 1 aromatic heterocycles. The summed E-state index contributed by atoms with van der Waals surface area (Å²) < 4.78 is 0. The SMILES string of the molecule is O=C(O)C=C[N+](=O)[O-].c1cc(CN2CCC3NC32)ccn1. The van der Waals surface area contributed by atoms with Gasteiger partial charge in [0.1, 0.15) is 0 Å². The molecule has 0 spiro atoms. The number of carboxylic acids is 1. The summed E-state index contributed by atoms with van der Waals surface area (Å²) in [6, 6.07) is 4.98. The Hall–Kier alpha value is -2.32. The lowest BCUT2D eigenvalue weighted by molar-refractivity contribution is -0.402. The van der Waals surface area contributed by atoms with Gasteiger partial charge in [-0.2, -0.15) is 0 Å². The van der Waals surface area contributed by atoms with E-state index in [1.165, 1.54) is 18.5 Å². The maximum absolute atomic E-state index is 9.51. The number of carbonyl (C=O) groups is 1. The summed E-state index contributed by atoms with van der Waals surface area (Å²) in [7, 11) is 0. The molecule has 0 radical (unpaired) electrons. The molecule has 2 N–H and O–H groups in total. The van der Waals surface area contributed by atoms with Crippen LogP contribution in [-0.2, 0) is 11.3 Å². The number of likely N-dealkylation sites (tertiary alicyclic amines) is 1. The number of rotatable bonds is 4. The normalized spacial score (nSPS) is 23.2. The van der Waals surface area contributed by atoms with Gasteiger partial charge in [0, 0.05) is 31.5 Å². The minimum Gasteiger partial charge on any atom is -0.478 e. The van der Waals surface area contributed by atoms with Gasteiger partial charge in [-0.15, -0.1) is 0 Å². The van der Waals surface area contributed by atoms with Crippen LogP contribution in [0.3, 0.4) is 0 Å². The molecule has 21 heavy (non-hydrogen) atoms. The highest BCUT2D eigenvalue weighted by molar-refractivity contribution is 5.79. The van der Waals surface area contributed by atoms with Gasteiger partial charge in [0.05, 0.1) is 17.2 Å². The molecule has 2 atom stereocenters. The first kappa shape index (κ1) is 15.1. The summed E-state index contributed by atoms with van der Waals surface area (Å²) in [6.07, 6.45) is 6.54. The van der Waals surface area contributed by atoms with Crippen molar-refractivity contribution < 1.29 is 14.8 Å². The second-order valence-corrected chi connectivity index (χ2v) is 4.77. The second kappa shape index (κ2) is 6.91. The average Bonchev–Trinajstić information content (AvgIpc) is 3.14. The molecule has 112 valence electrons. The first-order valence-electron chi connectivity index (χ1n) is 6.50. The number of hydrogen-bond donors (Lipinski definition) is 2. The van der Waals surface area contributed by atoms with Crippen LogP contribution in [0.15, 0.2) is 36.8 Å². The molecule has 3 rings (SSSR count). The average molecular weight is 292 g/mol. The molecule has 0 amide bonds. The van der Waals surface area contributed by atoms with Gasteiger partial charge in [-0.25, -0.2) is 4.79 Å². The zero-order valence-electron chi connectivity index (χ0n) is 11.3. The highest BCUT2D eigenvalue weighted by Crippen LogP contribution is 2.28. The molecule has 0 aromatic carbocycles. The van der Waals surface area contributed by atoms with E-state index in [0.29, 0.717) is 18.4 Å². The Kier molecular flexibility index (Phi) is 4.96. The van der Waals surface area contributed by atoms with Crippen molar-refractivity contribution in [3.8, 4) is 0 Å². The number of nitrogens with one attached hydrogen (secondary N) is 1. The maximum Gasteiger partial charge on any atom is 0.334 e. The van der Waals surface area contributed by atoms with Crippen LogP contribution in [0.1, 0.15) is 12.0 Å². The molecular formula is C13H16N4O4. The Bertz CT molecular complexity index is 518. The highest BCUT2D eigenvalue weighted by Gasteiger charge is 2.45. The third-order valence-electron chi connectivity index (χ3n) is 3.25. The Morgan fingerprint density at radius 1 is 1.57 bits per heavy atom. The summed E-state index contributed by atoms with van der Waals surface area (Å²) in [4.78, 5) is 24.5. The number of nitro groups is 1. The minimum absolute atomic E-state index is 0.363. The van der Waals surface area contributed by atoms with E-state index in [-0.39, 0.29) is 0 Å². The van der Waals surface area contributed by atoms with E-state index >= 15 is 0 Å². The number of fused-ring (bicyclic) bond motifs is 1. The summed E-state index contributed by atoms with van der Waals surface area (Å²) in [5.74, 6) is -1.32. The monoisotopic (exact) mass is 292 g/mol. The number of hydrogen-bond acceptors (Lipinski definition) is 6. The molecule has 2 aliphatic rings. The van der Waals surface area contributed by atoms with Gasteiger partial charge in [-0.3, -0.25) is 25.3 Å². The standard InChI is InChI=1S/C10H13N3.C3H3NO4/c1-4-11-5-2-8(1)7-13-6-3-9-10(13)12-9;5-3(6)1-2-4(7)8/h1-2,4-5,9-10,12H,3,6-7H2;1-2H,(H,5,6). The highest BCUT2D eigenvalue weighted by atomic mass is 16.6. The van der Waals surface area contributed by atoms with Crippen molar-refractivity contribution >= 4 is 5.97 Å². The molecule has 8 nitrogen and oxygen atoms in total. The van der Waals surface area contributed by atoms with E-state index in [1.54, 1.807) is 0 Å². The van der Waals surface area contributed by atoms with Gasteiger partial charge < -0.3 is 5.11 Å². The van der Waals surface area contributed by atoms with Gasteiger partial charge >= 0.3 is 5.97 Å². The Labute approximate surface area is 121 Å². The van der Waals surface area contributed by atoms with Crippen LogP contribution in [0, 0.1) is 10.1 Å². The Morgan fingerprint density at radius 3 is 2.71 bits per heavy atom. The van der Waals surface area contributed by atoms with Crippen LogP contribution in [-0.4, -0.2) is 44.6 Å². The third kappa shape index (κ3) is 4.93. The Balaban J connectivity index is 0.000000177. The van der Waals surface area contributed by atoms with Gasteiger partial charge in [0.2, 0.25) is 6.20 Å². The van der Waals surface area contributed by atoms with E-state index in [2.05, 4.69) is 27.3 Å². The predicted octanol–water partition coefficient (Wildman–Crippen LogP) is 0.447. The molecule has 2 fully saturated rings. The van der Waals surface area contributed by atoms with Crippen molar-refractivity contribution in [2.24, 2.45) is 0 Å². The largest absolute Gasteiger partial charge is 0.478 e. The minimum atomic E-state index is -1.32. The summed E-state index contributed by atoms with van der Waals surface area (Å²) >= 11 is 0. The molecule has 2 aliphatic heterocycles. The van der Waals surface area contributed by atoms with Crippen molar-refractivity contribution in [3.05, 3.63) is 52.5 Å². The van der Waals surface area contributed by atoms with E-state index in [4.69, 9.17) is 5.11 Å². The predicted molar refractivity (Wildman–Crippen MR) is 73.7 cm³/mol. The van der Waals surface area contributed by atoms with Crippen molar-refractivity contribution in [1.82, 2.24) is 15.2 Å². The molecule has 2 saturated heterocycles. The maximum atomic E-state index is 9.51. The molecular weight excluding hydrogens is 276 g/mol. The molecule has 0 aliphatic carbocycles. The molecule has 1 aromatic rings. The van der Waals surface area contributed by atoms with Crippen molar-refractivity contribution in [2.45, 2.75) is 25.2 Å². The lowest BCUT2D eigenvalue weighted by atomic mass is 10.2. The van der Waals surface area contributed by atoms with Crippen LogP contribution in [0.4, 0.5) is 0 Å². The van der Waals surface area contributed by atoms with Gasteiger partial charge in [0.15, 0.2) is 0 Å². The van der Waals surface area contributed by atoms with Gasteiger partial charge in [0.25, 0.3) is 0 Å². The second-order valence-electron chi connectivity index (χ2n) is 4.77. The number of aliphatic carboxylic acids is 1. The number of aromatic nitrogens is 1. The van der Waals surface area contributed by atoms with Crippen molar-refractivity contribution in [1.29, 1.82) is 0 Å². The lowest BCUT2D eigenvalue weighted by Gasteiger charge is -2.16. The first-order chi connectivity index (χ1) is 10.1. The van der Waals surface area contributed by atoms with Crippen LogP contribution >= 0.6 is 0 Å². The molecule has 3 heterocycles. The van der Waals surface area contributed by atoms with E-state index in [0.717, 1.165) is 12.6 Å². The van der Waals surface area contributed by atoms with Crippen LogP contribution in [0.25, 0.3) is 0 Å². The first-order valence-corrected chi connectivity index (χ1v) is 6.50. The molecule has 0 saturated carbocycles. The number of pyridine rings is 1. The summed E-state index contributed by atoms with van der Waals surface area (Å²) in [6.45, 7) is 2.31. The fourth-order valence-corrected chi connectivity index (χ4v) is 2.23. The van der Waals surface area contributed by atoms with Crippen LogP contribution in [0.2, 0.25) is 0 Å².